The van der Waals surface area contributed by atoms with Crippen molar-refractivity contribution in [2.45, 2.75) is 23.8 Å². The Balaban J connectivity index is 1.39. The van der Waals surface area contributed by atoms with Crippen LogP contribution in [0.25, 0.3) is 11.1 Å². The zero-order chi connectivity index (χ0) is 20.1. The third kappa shape index (κ3) is 4.83. The standard InChI is InChI=1S/C25H25NO2S/c1-29-24-15-13-20(14-16-24)19-9-11-21(12-10-19)25(27)28-23-8-5-17-26(18-23)22-6-3-2-4-7-22/h2-4,6-7,9-16,23H,5,8,17-18H2,1H3. The molecule has 0 bridgehead atoms. The first kappa shape index (κ1) is 19.6. The second-order valence-corrected chi connectivity index (χ2v) is 8.14. The van der Waals surface area contributed by atoms with E-state index in [-0.39, 0.29) is 12.1 Å². The normalized spacial score (nSPS) is 16.4. The molecule has 0 aliphatic carbocycles. The van der Waals surface area contributed by atoms with Crippen LogP contribution in [-0.2, 0) is 4.74 Å². The molecule has 1 aliphatic heterocycles. The van der Waals surface area contributed by atoms with Crippen molar-refractivity contribution in [2.24, 2.45) is 0 Å². The second-order valence-electron chi connectivity index (χ2n) is 7.26. The summed E-state index contributed by atoms with van der Waals surface area (Å²) >= 11 is 1.73. The lowest BCUT2D eigenvalue weighted by atomic mass is 10.0. The van der Waals surface area contributed by atoms with Crippen molar-refractivity contribution in [3.63, 3.8) is 0 Å². The summed E-state index contributed by atoms with van der Waals surface area (Å²) in [5.41, 5.74) is 4.03. The molecule has 4 rings (SSSR count). The Kier molecular flexibility index (Phi) is 6.20. The van der Waals surface area contributed by atoms with Crippen LogP contribution in [0.4, 0.5) is 5.69 Å². The highest BCUT2D eigenvalue weighted by atomic mass is 32.2. The quantitative estimate of drug-likeness (QED) is 0.392. The van der Waals surface area contributed by atoms with E-state index in [1.807, 2.05) is 42.5 Å². The van der Waals surface area contributed by atoms with Crippen LogP contribution in [0.2, 0.25) is 0 Å². The summed E-state index contributed by atoms with van der Waals surface area (Å²) in [5.74, 6) is -0.241. The largest absolute Gasteiger partial charge is 0.457 e. The predicted octanol–water partition coefficient (Wildman–Crippen LogP) is 5.90. The van der Waals surface area contributed by atoms with Crippen LogP contribution in [0.3, 0.4) is 0 Å². The Morgan fingerprint density at radius 3 is 2.24 bits per heavy atom. The minimum Gasteiger partial charge on any atom is -0.457 e. The fourth-order valence-electron chi connectivity index (χ4n) is 3.71. The smallest absolute Gasteiger partial charge is 0.338 e. The van der Waals surface area contributed by atoms with E-state index >= 15 is 0 Å². The summed E-state index contributed by atoms with van der Waals surface area (Å²) in [6, 6.07) is 26.5. The maximum Gasteiger partial charge on any atom is 0.338 e. The van der Waals surface area contributed by atoms with Gasteiger partial charge in [-0.15, -0.1) is 11.8 Å². The Bertz CT molecular complexity index is 939. The lowest BCUT2D eigenvalue weighted by Gasteiger charge is -2.34. The number of carbonyl (C=O) groups excluding carboxylic acids is 1. The lowest BCUT2D eigenvalue weighted by Crippen LogP contribution is -2.40. The Morgan fingerprint density at radius 1 is 0.931 bits per heavy atom. The van der Waals surface area contributed by atoms with Gasteiger partial charge >= 0.3 is 5.97 Å². The molecule has 1 atom stereocenters. The van der Waals surface area contributed by atoms with Crippen LogP contribution in [0, 0.1) is 0 Å². The van der Waals surface area contributed by atoms with Crippen LogP contribution in [-0.4, -0.2) is 31.4 Å². The van der Waals surface area contributed by atoms with Gasteiger partial charge < -0.3 is 9.64 Å². The van der Waals surface area contributed by atoms with Gasteiger partial charge in [0.15, 0.2) is 0 Å². The van der Waals surface area contributed by atoms with Gasteiger partial charge in [-0.25, -0.2) is 4.79 Å². The van der Waals surface area contributed by atoms with Gasteiger partial charge in [0.25, 0.3) is 0 Å². The number of hydrogen-bond acceptors (Lipinski definition) is 4. The highest BCUT2D eigenvalue weighted by Crippen LogP contribution is 2.25. The molecule has 1 heterocycles. The molecule has 148 valence electrons. The summed E-state index contributed by atoms with van der Waals surface area (Å²) in [5, 5.41) is 0. The molecule has 1 fully saturated rings. The molecule has 29 heavy (non-hydrogen) atoms. The summed E-state index contributed by atoms with van der Waals surface area (Å²) in [4.78, 5) is 16.2. The Morgan fingerprint density at radius 2 is 1.59 bits per heavy atom. The number of piperidine rings is 1. The fourth-order valence-corrected chi connectivity index (χ4v) is 4.12. The van der Waals surface area contributed by atoms with Crippen molar-refractivity contribution in [1.82, 2.24) is 0 Å². The van der Waals surface area contributed by atoms with E-state index in [9.17, 15) is 4.79 Å². The van der Waals surface area contributed by atoms with Gasteiger partial charge in [0.1, 0.15) is 6.10 Å². The van der Waals surface area contributed by atoms with Crippen molar-refractivity contribution in [3.8, 4) is 11.1 Å². The van der Waals surface area contributed by atoms with Gasteiger partial charge in [0.2, 0.25) is 0 Å². The number of carbonyl (C=O) groups is 1. The number of para-hydroxylation sites is 1. The van der Waals surface area contributed by atoms with Crippen LogP contribution in [0.1, 0.15) is 23.2 Å². The highest BCUT2D eigenvalue weighted by molar-refractivity contribution is 7.98. The third-order valence-electron chi connectivity index (χ3n) is 5.32. The first-order chi connectivity index (χ1) is 14.2. The minimum atomic E-state index is -0.241. The van der Waals surface area contributed by atoms with E-state index in [1.165, 1.54) is 10.6 Å². The van der Waals surface area contributed by atoms with Gasteiger partial charge in [-0.3, -0.25) is 0 Å². The lowest BCUT2D eigenvalue weighted by molar-refractivity contribution is 0.0270. The molecule has 0 aromatic heterocycles. The molecule has 1 unspecified atom stereocenters. The van der Waals surface area contributed by atoms with Gasteiger partial charge in [-0.05, 0) is 66.6 Å². The molecule has 0 spiro atoms. The number of ether oxygens (including phenoxy) is 1. The van der Waals surface area contributed by atoms with E-state index in [2.05, 4.69) is 47.6 Å². The molecular formula is C25H25NO2S. The minimum absolute atomic E-state index is 0.0739. The molecule has 0 saturated carbocycles. The number of thioether (sulfide) groups is 1. The number of esters is 1. The van der Waals surface area contributed by atoms with E-state index in [0.29, 0.717) is 5.56 Å². The molecule has 3 aromatic rings. The number of rotatable bonds is 5. The number of benzene rings is 3. The van der Waals surface area contributed by atoms with Crippen molar-refractivity contribution in [3.05, 3.63) is 84.4 Å². The first-order valence-electron chi connectivity index (χ1n) is 9.98. The van der Waals surface area contributed by atoms with E-state index in [1.54, 1.807) is 11.8 Å². The summed E-state index contributed by atoms with van der Waals surface area (Å²) < 4.78 is 5.82. The molecule has 3 aromatic carbocycles. The van der Waals surface area contributed by atoms with Crippen LogP contribution in [0.5, 0.6) is 0 Å². The summed E-state index contributed by atoms with van der Waals surface area (Å²) in [6.45, 7) is 1.75. The second kappa shape index (κ2) is 9.19. The van der Waals surface area contributed by atoms with Gasteiger partial charge in [-0.1, -0.05) is 42.5 Å². The fraction of sp³-hybridized carbons (Fsp3) is 0.240. The van der Waals surface area contributed by atoms with E-state index in [0.717, 1.165) is 37.1 Å². The van der Waals surface area contributed by atoms with Crippen molar-refractivity contribution >= 4 is 23.4 Å². The van der Waals surface area contributed by atoms with Gasteiger partial charge in [0.05, 0.1) is 12.1 Å². The summed E-state index contributed by atoms with van der Waals surface area (Å²) in [7, 11) is 0. The first-order valence-corrected chi connectivity index (χ1v) is 11.2. The van der Waals surface area contributed by atoms with Crippen LogP contribution < -0.4 is 4.90 Å². The molecule has 1 aliphatic rings. The average molecular weight is 404 g/mol. The van der Waals surface area contributed by atoms with Gasteiger partial charge in [0, 0.05) is 17.1 Å². The monoisotopic (exact) mass is 403 g/mol. The Labute approximate surface area is 176 Å². The van der Waals surface area contributed by atoms with Crippen LogP contribution >= 0.6 is 11.8 Å². The van der Waals surface area contributed by atoms with Crippen molar-refractivity contribution in [1.29, 1.82) is 0 Å². The number of hydrogen-bond donors (Lipinski definition) is 0. The Hall–Kier alpha value is -2.72. The van der Waals surface area contributed by atoms with Crippen molar-refractivity contribution in [2.75, 3.05) is 24.2 Å². The molecule has 1 saturated heterocycles. The number of nitrogens with zero attached hydrogens (tertiary/aromatic N) is 1. The van der Waals surface area contributed by atoms with Crippen molar-refractivity contribution < 1.29 is 9.53 Å². The zero-order valence-electron chi connectivity index (χ0n) is 16.6. The topological polar surface area (TPSA) is 29.5 Å². The number of anilines is 1. The summed E-state index contributed by atoms with van der Waals surface area (Å²) in [6.07, 6.45) is 3.93. The van der Waals surface area contributed by atoms with E-state index in [4.69, 9.17) is 4.74 Å². The molecule has 0 radical (unpaired) electrons. The molecule has 3 nitrogen and oxygen atoms in total. The SMILES string of the molecule is CSc1ccc(-c2ccc(C(=O)OC3CCCN(c4ccccc4)C3)cc2)cc1. The van der Waals surface area contributed by atoms with Crippen LogP contribution in [0.15, 0.2) is 83.8 Å². The predicted molar refractivity (Wildman–Crippen MR) is 121 cm³/mol. The van der Waals surface area contributed by atoms with E-state index < -0.39 is 0 Å². The maximum atomic E-state index is 12.6. The zero-order valence-corrected chi connectivity index (χ0v) is 17.4. The van der Waals surface area contributed by atoms with Gasteiger partial charge in [-0.2, -0.15) is 0 Å². The molecular weight excluding hydrogens is 378 g/mol. The molecule has 4 heteroatoms. The third-order valence-corrected chi connectivity index (χ3v) is 6.06. The highest BCUT2D eigenvalue weighted by Gasteiger charge is 2.23. The maximum absolute atomic E-state index is 12.6. The molecule has 0 amide bonds. The average Bonchev–Trinajstić information content (AvgIpc) is 2.80. The molecule has 0 N–H and O–H groups in total.